The molecule has 2 aromatic heterocycles. The van der Waals surface area contributed by atoms with Crippen molar-refractivity contribution in [3.05, 3.63) is 102 Å². The van der Waals surface area contributed by atoms with Gasteiger partial charge in [-0.05, 0) is 45.8 Å². The van der Waals surface area contributed by atoms with E-state index in [0.29, 0.717) is 39.0 Å². The number of hydrogen-bond donors (Lipinski definition) is 0. The first-order valence-corrected chi connectivity index (χ1v) is 13.4. The lowest BCUT2D eigenvalue weighted by Crippen LogP contribution is -2.34. The number of benzene rings is 4. The number of hydrogen-bond acceptors (Lipinski definition) is 3. The van der Waals surface area contributed by atoms with Gasteiger partial charge in [0.2, 0.25) is 0 Å². The van der Waals surface area contributed by atoms with Crippen molar-refractivity contribution in [1.29, 1.82) is 5.26 Å². The molecule has 40 heavy (non-hydrogen) atoms. The number of pyridine rings is 1. The summed E-state index contributed by atoms with van der Waals surface area (Å²) in [6.45, 7) is 6.00. The average Bonchev–Trinajstić information content (AvgIpc) is 3.33. The third-order valence-corrected chi connectivity index (χ3v) is 7.58. The van der Waals surface area contributed by atoms with E-state index in [2.05, 4.69) is 42.5 Å². The zero-order valence-corrected chi connectivity index (χ0v) is 23.3. The summed E-state index contributed by atoms with van der Waals surface area (Å²) in [5.74, 6) is -0.228. The van der Waals surface area contributed by atoms with Gasteiger partial charge < -0.3 is 4.42 Å². The maximum atomic E-state index is 15.7. The molecule has 0 atom stereocenters. The Morgan fingerprint density at radius 3 is 2.10 bits per heavy atom. The van der Waals surface area contributed by atoms with Crippen LogP contribution in [0.4, 0.5) is 4.39 Å². The maximum Gasteiger partial charge on any atom is 0.164 e. The van der Waals surface area contributed by atoms with Crippen LogP contribution in [0.3, 0.4) is 0 Å². The summed E-state index contributed by atoms with van der Waals surface area (Å²) in [4.78, 5) is 4.89. The molecule has 4 aromatic carbocycles. The van der Waals surface area contributed by atoms with Gasteiger partial charge in [0, 0.05) is 33.1 Å². The highest BCUT2D eigenvalue weighted by molar-refractivity contribution is 6.38. The van der Waals surface area contributed by atoms with Gasteiger partial charge in [-0.1, -0.05) is 87.5 Å². The Kier molecular flexibility index (Phi) is 6.11. The monoisotopic (exact) mass is 520 g/mol. The summed E-state index contributed by atoms with van der Waals surface area (Å²) >= 11 is 0. The second-order valence-corrected chi connectivity index (χ2v) is 11.3. The van der Waals surface area contributed by atoms with E-state index < -0.39 is 0 Å². The van der Waals surface area contributed by atoms with Crippen molar-refractivity contribution >= 4 is 48.7 Å². The van der Waals surface area contributed by atoms with Crippen LogP contribution < -0.4 is 11.1 Å². The van der Waals surface area contributed by atoms with Crippen molar-refractivity contribution in [1.82, 2.24) is 4.98 Å². The van der Waals surface area contributed by atoms with Crippen molar-refractivity contribution in [2.45, 2.75) is 26.2 Å². The number of rotatable bonds is 3. The molecule has 0 unspecified atom stereocenters. The molecule has 0 aliphatic heterocycles. The van der Waals surface area contributed by atoms with Crippen LogP contribution in [0, 0.1) is 17.1 Å². The fourth-order valence-corrected chi connectivity index (χ4v) is 5.73. The normalized spacial score (nSPS) is 11.7. The second-order valence-electron chi connectivity index (χ2n) is 11.3. The smallest absolute Gasteiger partial charge is 0.164 e. The minimum absolute atomic E-state index is 0.228. The molecule has 0 fully saturated rings. The van der Waals surface area contributed by atoms with Crippen LogP contribution in [0.25, 0.3) is 55.4 Å². The molecule has 0 saturated carbocycles. The number of furan rings is 1. The quantitative estimate of drug-likeness (QED) is 0.277. The number of para-hydroxylation sites is 1. The van der Waals surface area contributed by atoms with E-state index in [4.69, 9.17) is 9.40 Å². The van der Waals surface area contributed by atoms with E-state index in [1.54, 1.807) is 7.85 Å². The molecule has 0 amide bonds. The molecule has 0 aliphatic rings. The van der Waals surface area contributed by atoms with Gasteiger partial charge in [0.15, 0.2) is 7.85 Å². The predicted octanol–water partition coefficient (Wildman–Crippen LogP) is 5.81. The van der Waals surface area contributed by atoms with Crippen LogP contribution in [0.5, 0.6) is 0 Å². The van der Waals surface area contributed by atoms with E-state index in [0.717, 1.165) is 38.6 Å². The van der Waals surface area contributed by atoms with Crippen LogP contribution in [0.15, 0.2) is 89.3 Å². The number of nitrogens with zero attached hydrogens (tertiary/aromatic N) is 2. The van der Waals surface area contributed by atoms with Crippen LogP contribution in [-0.4, -0.2) is 20.7 Å². The van der Waals surface area contributed by atoms with Gasteiger partial charge >= 0.3 is 0 Å². The largest absolute Gasteiger partial charge is 0.455 e. The average molecular weight is 520 g/mol. The Morgan fingerprint density at radius 1 is 0.775 bits per heavy atom. The van der Waals surface area contributed by atoms with Crippen molar-refractivity contribution in [2.75, 3.05) is 0 Å². The summed E-state index contributed by atoms with van der Waals surface area (Å²) in [5.41, 5.74) is 8.65. The van der Waals surface area contributed by atoms with E-state index in [1.807, 2.05) is 77.1 Å². The Hall–Kier alpha value is -4.62. The number of nitriles is 1. The van der Waals surface area contributed by atoms with Gasteiger partial charge in [-0.25, -0.2) is 4.39 Å². The zero-order chi connectivity index (χ0) is 28.2. The minimum atomic E-state index is -0.367. The van der Waals surface area contributed by atoms with Gasteiger partial charge in [0.25, 0.3) is 0 Å². The van der Waals surface area contributed by atoms with Crippen LogP contribution in [0.1, 0.15) is 31.9 Å². The number of aromatic nitrogens is 1. The summed E-state index contributed by atoms with van der Waals surface area (Å²) in [6.07, 6.45) is 0. The molecule has 6 aromatic rings. The van der Waals surface area contributed by atoms with Gasteiger partial charge in [0.1, 0.15) is 24.8 Å². The third-order valence-electron chi connectivity index (χ3n) is 7.58. The highest BCUT2D eigenvalue weighted by atomic mass is 19.1. The fraction of sp³-hybridized carbons (Fsp3) is 0.118. The molecule has 0 radical (unpaired) electrons. The molecule has 3 nitrogen and oxygen atoms in total. The lowest BCUT2D eigenvalue weighted by atomic mass is 9.76. The third kappa shape index (κ3) is 4.19. The summed E-state index contributed by atoms with van der Waals surface area (Å²) < 4.78 is 22.3. The molecule has 6 rings (SSSR count). The van der Waals surface area contributed by atoms with E-state index in [-0.39, 0.29) is 11.2 Å². The molecule has 0 saturated heterocycles. The van der Waals surface area contributed by atoms with Gasteiger partial charge in [-0.2, -0.15) is 5.26 Å². The van der Waals surface area contributed by atoms with Crippen molar-refractivity contribution in [3.8, 4) is 39.6 Å². The van der Waals surface area contributed by atoms with E-state index in [1.165, 1.54) is 0 Å². The summed E-state index contributed by atoms with van der Waals surface area (Å²) in [6, 6.07) is 30.4. The SMILES string of the molecule is Bc1nc(-c2cccc3c2oc2c(-c4ccc(-c5ccccc5)cc4)cc(C#N)cc23)c(B)c(F)c1C(C)(C)C. The van der Waals surface area contributed by atoms with Gasteiger partial charge in [0.05, 0.1) is 17.3 Å². The lowest BCUT2D eigenvalue weighted by Gasteiger charge is -2.24. The molecule has 6 heteroatoms. The summed E-state index contributed by atoms with van der Waals surface area (Å²) in [5, 5.41) is 11.6. The van der Waals surface area contributed by atoms with E-state index >= 15 is 4.39 Å². The van der Waals surface area contributed by atoms with Gasteiger partial charge in [-0.3, -0.25) is 4.98 Å². The zero-order valence-electron chi connectivity index (χ0n) is 23.3. The molecular formula is C34H27B2FN2O. The highest BCUT2D eigenvalue weighted by Crippen LogP contribution is 2.40. The van der Waals surface area contributed by atoms with Crippen molar-refractivity contribution in [2.24, 2.45) is 0 Å². The number of fused-ring (bicyclic) bond motifs is 3. The van der Waals surface area contributed by atoms with E-state index in [9.17, 15) is 5.26 Å². The summed E-state index contributed by atoms with van der Waals surface area (Å²) in [7, 11) is 3.64. The molecule has 0 N–H and O–H groups in total. The molecule has 0 bridgehead atoms. The van der Waals surface area contributed by atoms with Crippen LogP contribution in [-0.2, 0) is 5.41 Å². The fourth-order valence-electron chi connectivity index (χ4n) is 5.73. The Labute approximate surface area is 235 Å². The molecule has 0 aliphatic carbocycles. The first-order valence-electron chi connectivity index (χ1n) is 13.4. The molecular weight excluding hydrogens is 493 g/mol. The van der Waals surface area contributed by atoms with Crippen molar-refractivity contribution < 1.29 is 8.81 Å². The van der Waals surface area contributed by atoms with Crippen LogP contribution >= 0.6 is 0 Å². The minimum Gasteiger partial charge on any atom is -0.455 e. The first-order chi connectivity index (χ1) is 19.2. The predicted molar refractivity (Wildman–Crippen MR) is 168 cm³/mol. The Balaban J connectivity index is 1.57. The van der Waals surface area contributed by atoms with Crippen LogP contribution in [0.2, 0.25) is 0 Å². The second kappa shape index (κ2) is 9.54. The van der Waals surface area contributed by atoms with Crippen molar-refractivity contribution in [3.63, 3.8) is 0 Å². The number of halogens is 1. The first kappa shape index (κ1) is 25.6. The Morgan fingerprint density at radius 2 is 1.43 bits per heavy atom. The standard InChI is InChI=1S/C34H27B2FN2O/c1-34(2,3)27-29(37)28(35)30(39-33(27)36)24-11-7-10-23-26-17-19(18-38)16-25(32(26)40-31(23)24)22-14-12-21(13-15-22)20-8-5-4-6-9-20/h4-17H,35-36H2,1-3H3. The van der Waals surface area contributed by atoms with Gasteiger partial charge in [-0.15, -0.1) is 0 Å². The molecule has 2 heterocycles. The topological polar surface area (TPSA) is 49.8 Å². The lowest BCUT2D eigenvalue weighted by molar-refractivity contribution is 0.529. The Bertz CT molecular complexity index is 1970. The highest BCUT2D eigenvalue weighted by Gasteiger charge is 2.26. The molecule has 192 valence electrons. The maximum absolute atomic E-state index is 15.7. The molecule has 0 spiro atoms.